The average molecular weight is 2520 g/mol. The zero-order valence-electron chi connectivity index (χ0n) is 75.7. The molecule has 0 spiro atoms. The summed E-state index contributed by atoms with van der Waals surface area (Å²) in [5, 5.41) is 93.3. The second kappa shape index (κ2) is 124. The van der Waals surface area contributed by atoms with E-state index in [1.165, 1.54) is 156 Å². The molecule has 0 heterocycles. The van der Waals surface area contributed by atoms with Crippen LogP contribution < -0.4 is 63.8 Å². The molecule has 30 N–H and O–H groups in total. The second-order valence-electron chi connectivity index (χ2n) is 25.7. The normalized spacial score (nSPS) is 11.9. The van der Waals surface area contributed by atoms with Crippen molar-refractivity contribution in [3.63, 3.8) is 0 Å². The molecule has 0 saturated carbocycles. The van der Waals surface area contributed by atoms with Gasteiger partial charge in [-0.15, -0.1) is 0 Å². The van der Waals surface area contributed by atoms with Crippen LogP contribution in [0, 0.1) is 0 Å². The number of nitrogens with one attached hydrogen (secondary N) is 12. The number of ketones is 12. The van der Waals surface area contributed by atoms with Crippen LogP contribution in [0.2, 0.25) is 0 Å². The number of rotatable bonds is 48. The van der Waals surface area contributed by atoms with Gasteiger partial charge in [-0.3, -0.25) is 57.5 Å². The van der Waals surface area contributed by atoms with Crippen LogP contribution >= 0.6 is 0 Å². The zero-order valence-corrected chi connectivity index (χ0v) is 88.9. The Kier molecular flexibility index (Phi) is 191. The third kappa shape index (κ3) is 166. The maximum absolute atomic E-state index is 10.8. The summed E-state index contributed by atoms with van der Waals surface area (Å²) in [5.41, 5.74) is 8.64. The van der Waals surface area contributed by atoms with Crippen molar-refractivity contribution in [2.75, 3.05) is 78.5 Å². The summed E-state index contributed by atoms with van der Waals surface area (Å²) in [7, 11) is 0. The Labute approximate surface area is 906 Å². The molecule has 128 heavy (non-hydrogen) atoms. The summed E-state index contributed by atoms with van der Waals surface area (Å²) >= 11 is 0. The maximum atomic E-state index is 10.8. The number of aliphatic hydroxyl groups excluding tert-OH is 6. The first kappa shape index (κ1) is 196. The van der Waals surface area contributed by atoms with Gasteiger partial charge in [0.25, 0.3) is 0 Å². The number of allylic oxidation sites excluding steroid dienone is 24. The van der Waals surface area contributed by atoms with Crippen LogP contribution in [0.25, 0.3) is 0 Å². The van der Waals surface area contributed by atoms with Gasteiger partial charge < -0.3 is 127 Å². The van der Waals surface area contributed by atoms with Gasteiger partial charge in [-0.25, -0.2) is 0 Å². The Morgan fingerprint density at radius 2 is 0.203 bits per heavy atom. The monoisotopic (exact) mass is 2510 g/mol. The van der Waals surface area contributed by atoms with E-state index in [0.29, 0.717) is 78.5 Å². The Balaban J connectivity index is -0.0000000394. The average Bonchev–Trinajstić information content (AvgIpc) is 0.995. The van der Waals surface area contributed by atoms with Gasteiger partial charge in [0.1, 0.15) is 0 Å². The SMILES string of the molecule is CC(=O)C=C(C)NCC(O)CNC(C)=CC(C)=O.CC(=O)C=C(C)NCC(O)CNC(C)=CC(C)=O.CC(=O)C=C(C)NCC(O)CNC(C)=CC(C)=O.CC(=O)C=C(C)NCC(O)CNC(C)=CC(C)=O.CC(=O)C=C(C)NCC(O)CNC(C)=CC(C)=O.CC(=O)C=C(C)NCC(O)CNC(C)=CC(C)=O.O.O.O.O.O.O.[Cu+].[Cu+].[Cu].[Cu].[Cu].[Cu].[Cu].[Cu].[Cu].[Cu].[Cu].[Cu].[Cu].[Cu]. The molecule has 0 amide bonds. The standard InChI is InChI=1S/6C13H22N2O3.14Cu.6H2O/c6*1-9(5-11(3)16)14-7-13(18)8-15-10(2)6-12(4)17;;;;;;;;;;;;;;;;;;;;/h6*5-6,13-15,18H,7-8H2,1-4H3;;;;;;;;;;;;;;;6*1H2/q;;;;;;;;;;;;;;;;;;2*+1;;;;;;. The topological polar surface area (TPSA) is 660 Å². The molecule has 0 fully saturated rings. The van der Waals surface area contributed by atoms with E-state index >= 15 is 0 Å². The second-order valence-corrected chi connectivity index (χ2v) is 25.7. The maximum Gasteiger partial charge on any atom is 1.00 e. The molecular weight excluding hydrogens is 2380 g/mol. The van der Waals surface area contributed by atoms with Crippen LogP contribution in [-0.2, 0) is 296 Å². The van der Waals surface area contributed by atoms with E-state index in [4.69, 9.17) is 0 Å². The molecule has 0 unspecified atom stereocenters. The molecule has 0 bridgehead atoms. The summed E-state index contributed by atoms with van der Waals surface area (Å²) in [6.45, 7) is 43.0. The first-order chi connectivity index (χ1) is 49.8. The van der Waals surface area contributed by atoms with E-state index < -0.39 is 36.6 Å². The summed E-state index contributed by atoms with van der Waals surface area (Å²) in [6, 6.07) is 0. The van der Waals surface area contributed by atoms with E-state index in [-0.39, 0.29) is 341 Å². The number of hydrogen-bond acceptors (Lipinski definition) is 30. The van der Waals surface area contributed by atoms with Crippen LogP contribution in [-0.4, -0.2) is 248 Å². The molecule has 0 aromatic rings. The minimum atomic E-state index is -0.601. The van der Waals surface area contributed by atoms with Gasteiger partial charge >= 0.3 is 34.1 Å². The molecule has 0 atom stereocenters. The van der Waals surface area contributed by atoms with Gasteiger partial charge in [0.05, 0.1) is 36.6 Å². The van der Waals surface area contributed by atoms with Crippen molar-refractivity contribution < 1.29 is 360 Å². The Bertz CT molecular complexity index is 2570. The minimum absolute atomic E-state index is 0. The molecule has 0 aliphatic rings. The molecule has 12 radical (unpaired) electrons. The zero-order chi connectivity index (χ0) is 84.8. The Hall–Kier alpha value is -2.69. The van der Waals surface area contributed by atoms with Crippen molar-refractivity contribution in [3.05, 3.63) is 141 Å². The first-order valence-electron chi connectivity index (χ1n) is 35.1. The van der Waals surface area contributed by atoms with Gasteiger partial charge in [0.15, 0.2) is 69.4 Å². The van der Waals surface area contributed by atoms with Gasteiger partial charge in [-0.05, 0) is 239 Å². The summed E-state index contributed by atoms with van der Waals surface area (Å²) in [6.07, 6.45) is 14.1. The van der Waals surface area contributed by atoms with Crippen molar-refractivity contribution in [2.45, 2.75) is 203 Å². The third-order valence-electron chi connectivity index (χ3n) is 12.4. The predicted molar refractivity (Wildman–Crippen MR) is 447 cm³/mol. The molecule has 36 nitrogen and oxygen atoms in total. The summed E-state index contributed by atoms with van der Waals surface area (Å²) in [4.78, 5) is 129. The van der Waals surface area contributed by atoms with Crippen LogP contribution in [0.4, 0.5) is 0 Å². The van der Waals surface area contributed by atoms with Gasteiger partial charge in [0.2, 0.25) is 0 Å². The third-order valence-corrected chi connectivity index (χ3v) is 12.4. The van der Waals surface area contributed by atoms with Crippen molar-refractivity contribution in [1.29, 1.82) is 0 Å². The largest absolute Gasteiger partial charge is 1.00 e. The molecule has 50 heteroatoms. The Morgan fingerprint density at radius 1 is 0.156 bits per heavy atom. The summed E-state index contributed by atoms with van der Waals surface area (Å²) in [5.74, 6) is -0.413. The summed E-state index contributed by atoms with van der Waals surface area (Å²) < 4.78 is 0. The molecule has 0 saturated heterocycles. The Morgan fingerprint density at radius 3 is 0.242 bits per heavy atom. The van der Waals surface area contributed by atoms with Gasteiger partial charge in [0, 0.05) is 352 Å². The molecule has 0 aromatic heterocycles. The van der Waals surface area contributed by atoms with E-state index in [1.807, 2.05) is 0 Å². The molecule has 0 rings (SSSR count). The van der Waals surface area contributed by atoms with Crippen LogP contribution in [0.3, 0.4) is 0 Å². The minimum Gasteiger partial charge on any atom is -0.412 e. The van der Waals surface area contributed by atoms with Crippen molar-refractivity contribution >= 4 is 69.4 Å². The molecule has 812 valence electrons. The molecule has 0 aromatic carbocycles. The fourth-order valence-corrected chi connectivity index (χ4v) is 8.05. The fourth-order valence-electron chi connectivity index (χ4n) is 8.05. The van der Waals surface area contributed by atoms with Crippen molar-refractivity contribution in [2.24, 2.45) is 0 Å². The number of aliphatic hydroxyl groups is 6. The van der Waals surface area contributed by atoms with Gasteiger partial charge in [-0.1, -0.05) is 0 Å². The predicted octanol–water partition coefficient (Wildman–Crippen LogP) is -1.91. The fraction of sp³-hybridized carbons (Fsp3) is 0.538. The van der Waals surface area contributed by atoms with Crippen LogP contribution in [0.1, 0.15) is 166 Å². The number of carbonyl (C=O) groups is 12. The quantitative estimate of drug-likeness (QED) is 0.0233. The van der Waals surface area contributed by atoms with Crippen molar-refractivity contribution in [1.82, 2.24) is 63.8 Å². The van der Waals surface area contributed by atoms with E-state index in [1.54, 1.807) is 83.1 Å². The first-order valence-corrected chi connectivity index (χ1v) is 35.1. The van der Waals surface area contributed by atoms with Gasteiger partial charge in [-0.2, -0.15) is 0 Å². The van der Waals surface area contributed by atoms with Crippen LogP contribution in [0.15, 0.2) is 141 Å². The number of carbonyl (C=O) groups excluding carboxylic acids is 12. The van der Waals surface area contributed by atoms with E-state index in [0.717, 1.165) is 68.4 Å². The van der Waals surface area contributed by atoms with Crippen LogP contribution in [0.5, 0.6) is 0 Å². The van der Waals surface area contributed by atoms with Crippen molar-refractivity contribution in [3.8, 4) is 0 Å². The van der Waals surface area contributed by atoms with E-state index in [9.17, 15) is 88.2 Å². The number of hydrogen-bond donors (Lipinski definition) is 18. The molecule has 0 aliphatic carbocycles. The van der Waals surface area contributed by atoms with E-state index in [2.05, 4.69) is 63.8 Å². The molecular formula is C78H144Cu14N12O24+2. The molecule has 0 aliphatic heterocycles. The smallest absolute Gasteiger partial charge is 0.412 e.